The molecule has 15 heavy (non-hydrogen) atoms. The molecule has 82 valence electrons. The molecular formula is C12H15BrClN. The van der Waals surface area contributed by atoms with Crippen LogP contribution in [0.3, 0.4) is 0 Å². The number of benzene rings is 1. The summed E-state index contributed by atoms with van der Waals surface area (Å²) in [5, 5.41) is 4.38. The van der Waals surface area contributed by atoms with Crippen LogP contribution in [-0.2, 0) is 6.42 Å². The van der Waals surface area contributed by atoms with Gasteiger partial charge < -0.3 is 5.32 Å². The summed E-state index contributed by atoms with van der Waals surface area (Å²) in [5.41, 5.74) is 1.53. The van der Waals surface area contributed by atoms with E-state index in [1.807, 2.05) is 12.1 Å². The van der Waals surface area contributed by atoms with Crippen molar-refractivity contribution >= 4 is 27.5 Å². The van der Waals surface area contributed by atoms with Gasteiger partial charge in [0.2, 0.25) is 0 Å². The van der Waals surface area contributed by atoms with Crippen LogP contribution in [0.4, 0.5) is 0 Å². The van der Waals surface area contributed by atoms with Gasteiger partial charge in [-0.1, -0.05) is 27.5 Å². The highest BCUT2D eigenvalue weighted by molar-refractivity contribution is 9.10. The maximum Gasteiger partial charge on any atom is 0.0409 e. The van der Waals surface area contributed by atoms with E-state index >= 15 is 0 Å². The second kappa shape index (κ2) is 4.44. The largest absolute Gasteiger partial charge is 0.311 e. The number of hydrogen-bond donors (Lipinski definition) is 1. The highest BCUT2D eigenvalue weighted by Crippen LogP contribution is 2.29. The maximum atomic E-state index is 6.01. The van der Waals surface area contributed by atoms with Gasteiger partial charge in [-0.05, 0) is 56.5 Å². The van der Waals surface area contributed by atoms with Crippen molar-refractivity contribution in [2.75, 3.05) is 6.54 Å². The quantitative estimate of drug-likeness (QED) is 0.873. The summed E-state index contributed by atoms with van der Waals surface area (Å²) in [4.78, 5) is 0. The molecule has 1 heterocycles. The first-order valence-corrected chi connectivity index (χ1v) is 6.45. The highest BCUT2D eigenvalue weighted by Gasteiger charge is 2.28. The summed E-state index contributed by atoms with van der Waals surface area (Å²) in [7, 11) is 0. The second-order valence-corrected chi connectivity index (χ2v) is 5.79. The fraction of sp³-hybridized carbons (Fsp3) is 0.500. The van der Waals surface area contributed by atoms with Gasteiger partial charge in [0.25, 0.3) is 0 Å². The van der Waals surface area contributed by atoms with Crippen LogP contribution >= 0.6 is 27.5 Å². The summed E-state index contributed by atoms with van der Waals surface area (Å²) in [6, 6.07) is 5.99. The van der Waals surface area contributed by atoms with Gasteiger partial charge in [-0.2, -0.15) is 0 Å². The lowest BCUT2D eigenvalue weighted by Crippen LogP contribution is -2.38. The number of nitrogens with one attached hydrogen (secondary N) is 1. The molecule has 1 nitrogen and oxygen atoms in total. The molecule has 0 spiro atoms. The molecule has 0 amide bonds. The molecule has 0 saturated carbocycles. The zero-order chi connectivity index (χ0) is 10.9. The van der Waals surface area contributed by atoms with E-state index in [9.17, 15) is 0 Å². The maximum absolute atomic E-state index is 6.01. The van der Waals surface area contributed by atoms with Crippen LogP contribution < -0.4 is 5.32 Å². The Labute approximate surface area is 104 Å². The molecule has 3 heteroatoms. The zero-order valence-electron chi connectivity index (χ0n) is 8.82. The summed E-state index contributed by atoms with van der Waals surface area (Å²) in [6.07, 6.45) is 3.55. The van der Waals surface area contributed by atoms with Crippen LogP contribution in [0.5, 0.6) is 0 Å². The average molecular weight is 289 g/mol. The average Bonchev–Trinajstić information content (AvgIpc) is 2.59. The molecular weight excluding hydrogens is 273 g/mol. The summed E-state index contributed by atoms with van der Waals surface area (Å²) in [6.45, 7) is 3.42. The molecule has 1 N–H and O–H groups in total. The van der Waals surface area contributed by atoms with E-state index in [2.05, 4.69) is 34.2 Å². The van der Waals surface area contributed by atoms with E-state index in [0.29, 0.717) is 0 Å². The topological polar surface area (TPSA) is 12.0 Å². The molecule has 1 atom stereocenters. The van der Waals surface area contributed by atoms with Crippen LogP contribution in [0, 0.1) is 0 Å². The van der Waals surface area contributed by atoms with Crippen molar-refractivity contribution in [2.24, 2.45) is 0 Å². The van der Waals surface area contributed by atoms with Gasteiger partial charge in [0.1, 0.15) is 0 Å². The molecule has 2 rings (SSSR count). The van der Waals surface area contributed by atoms with Gasteiger partial charge in [0.15, 0.2) is 0 Å². The molecule has 1 saturated heterocycles. The number of hydrogen-bond acceptors (Lipinski definition) is 1. The Hall–Kier alpha value is -0.0500. The molecule has 1 fully saturated rings. The van der Waals surface area contributed by atoms with Crippen molar-refractivity contribution in [1.82, 2.24) is 5.32 Å². The lowest BCUT2D eigenvalue weighted by atomic mass is 9.91. The normalized spacial score (nSPS) is 25.8. The van der Waals surface area contributed by atoms with E-state index in [1.165, 1.54) is 18.4 Å². The lowest BCUT2D eigenvalue weighted by molar-refractivity contribution is 0.412. The van der Waals surface area contributed by atoms with Crippen molar-refractivity contribution in [3.8, 4) is 0 Å². The monoisotopic (exact) mass is 287 g/mol. The Balaban J connectivity index is 2.19. The third-order valence-electron chi connectivity index (χ3n) is 3.05. The SMILES string of the molecule is CC1(Cc2cc(Cl)ccc2Br)CCCN1. The van der Waals surface area contributed by atoms with Crippen LogP contribution in [0.2, 0.25) is 5.02 Å². The summed E-state index contributed by atoms with van der Waals surface area (Å²) >= 11 is 9.58. The molecule has 0 aromatic heterocycles. The molecule has 0 aliphatic carbocycles. The molecule has 0 bridgehead atoms. The van der Waals surface area contributed by atoms with Gasteiger partial charge >= 0.3 is 0 Å². The van der Waals surface area contributed by atoms with Crippen molar-refractivity contribution in [2.45, 2.75) is 31.7 Å². The minimum atomic E-state index is 0.243. The van der Waals surface area contributed by atoms with Crippen molar-refractivity contribution < 1.29 is 0 Å². The Morgan fingerprint density at radius 1 is 1.53 bits per heavy atom. The molecule has 1 aliphatic rings. The molecule has 1 unspecified atom stereocenters. The molecule has 0 radical (unpaired) electrons. The Morgan fingerprint density at radius 2 is 2.33 bits per heavy atom. The van der Waals surface area contributed by atoms with Crippen molar-refractivity contribution in [3.63, 3.8) is 0 Å². The Morgan fingerprint density at radius 3 is 3.00 bits per heavy atom. The third kappa shape index (κ3) is 2.74. The first-order valence-electron chi connectivity index (χ1n) is 5.28. The Bertz CT molecular complexity index is 359. The van der Waals surface area contributed by atoms with Gasteiger partial charge in [-0.3, -0.25) is 0 Å². The van der Waals surface area contributed by atoms with E-state index in [0.717, 1.165) is 22.5 Å². The van der Waals surface area contributed by atoms with Crippen LogP contribution in [0.1, 0.15) is 25.3 Å². The van der Waals surface area contributed by atoms with Crippen LogP contribution in [0.15, 0.2) is 22.7 Å². The minimum absolute atomic E-state index is 0.243. The van der Waals surface area contributed by atoms with Crippen molar-refractivity contribution in [3.05, 3.63) is 33.3 Å². The van der Waals surface area contributed by atoms with E-state index in [-0.39, 0.29) is 5.54 Å². The van der Waals surface area contributed by atoms with E-state index in [4.69, 9.17) is 11.6 Å². The zero-order valence-corrected chi connectivity index (χ0v) is 11.2. The molecule has 1 aromatic rings. The highest BCUT2D eigenvalue weighted by atomic mass is 79.9. The number of halogens is 2. The predicted octanol–water partition coefficient (Wildman–Crippen LogP) is 3.79. The van der Waals surface area contributed by atoms with E-state index in [1.54, 1.807) is 0 Å². The molecule has 1 aliphatic heterocycles. The lowest BCUT2D eigenvalue weighted by Gasteiger charge is -2.25. The Kier molecular flexibility index (Phi) is 3.39. The predicted molar refractivity (Wildman–Crippen MR) is 68.5 cm³/mol. The van der Waals surface area contributed by atoms with E-state index < -0.39 is 0 Å². The third-order valence-corrected chi connectivity index (χ3v) is 4.05. The fourth-order valence-corrected chi connectivity index (χ4v) is 2.79. The first kappa shape index (κ1) is 11.4. The van der Waals surface area contributed by atoms with Crippen molar-refractivity contribution in [1.29, 1.82) is 0 Å². The van der Waals surface area contributed by atoms with Gasteiger partial charge in [-0.15, -0.1) is 0 Å². The molecule has 1 aromatic carbocycles. The standard InChI is InChI=1S/C12H15BrClN/c1-12(5-2-6-15-12)8-9-7-10(14)3-4-11(9)13/h3-4,7,15H,2,5-6,8H2,1H3. The minimum Gasteiger partial charge on any atom is -0.311 e. The van der Waals surface area contributed by atoms with Gasteiger partial charge in [0, 0.05) is 15.0 Å². The van der Waals surface area contributed by atoms with Gasteiger partial charge in [0.05, 0.1) is 0 Å². The van der Waals surface area contributed by atoms with Crippen LogP contribution in [-0.4, -0.2) is 12.1 Å². The number of rotatable bonds is 2. The second-order valence-electron chi connectivity index (χ2n) is 4.50. The first-order chi connectivity index (χ1) is 7.09. The summed E-state index contributed by atoms with van der Waals surface area (Å²) in [5.74, 6) is 0. The van der Waals surface area contributed by atoms with Crippen LogP contribution in [0.25, 0.3) is 0 Å². The smallest absolute Gasteiger partial charge is 0.0409 e. The summed E-state index contributed by atoms with van der Waals surface area (Å²) < 4.78 is 1.15. The fourth-order valence-electron chi connectivity index (χ4n) is 2.21. The van der Waals surface area contributed by atoms with Gasteiger partial charge in [-0.25, -0.2) is 0 Å².